The lowest BCUT2D eigenvalue weighted by Gasteiger charge is -2.07. The third-order valence-corrected chi connectivity index (χ3v) is 3.23. The van der Waals surface area contributed by atoms with Crippen molar-refractivity contribution in [2.24, 2.45) is 0 Å². The van der Waals surface area contributed by atoms with Crippen molar-refractivity contribution in [2.45, 2.75) is 6.42 Å². The maximum atomic E-state index is 12.3. The van der Waals surface area contributed by atoms with Crippen LogP contribution in [0, 0.1) is 0 Å². The first-order valence-electron chi connectivity index (χ1n) is 6.88. The highest BCUT2D eigenvalue weighted by molar-refractivity contribution is 6.01. The van der Waals surface area contributed by atoms with Gasteiger partial charge in [-0.25, -0.2) is 0 Å². The Morgan fingerprint density at radius 3 is 2.12 bits per heavy atom. The van der Waals surface area contributed by atoms with E-state index in [-0.39, 0.29) is 35.1 Å². The molecule has 5 N–H and O–H groups in total. The van der Waals surface area contributed by atoms with Gasteiger partial charge < -0.3 is 25.7 Å². The van der Waals surface area contributed by atoms with Crippen LogP contribution < -0.4 is 5.32 Å². The highest BCUT2D eigenvalue weighted by atomic mass is 16.3. The molecule has 2 aromatic rings. The minimum Gasteiger partial charge on any atom is -0.504 e. The van der Waals surface area contributed by atoms with Gasteiger partial charge in [0.1, 0.15) is 0 Å². The molecule has 0 bridgehead atoms. The molecule has 1 amide bonds. The molecule has 0 atom stereocenters. The van der Waals surface area contributed by atoms with Crippen LogP contribution in [-0.2, 0) is 16.0 Å². The Bertz CT molecular complexity index is 813. The third kappa shape index (κ3) is 4.04. The average molecular weight is 329 g/mol. The number of rotatable bonds is 6. The van der Waals surface area contributed by atoms with Gasteiger partial charge in [0.2, 0.25) is 6.41 Å². The number of ketones is 1. The number of allylic oxidation sites excluding steroid dienone is 1. The number of phenolic OH excluding ortho intramolecular Hbond substituents is 4. The molecule has 0 saturated heterocycles. The van der Waals surface area contributed by atoms with Crippen LogP contribution in [0.15, 0.2) is 42.1 Å². The number of amides is 1. The van der Waals surface area contributed by atoms with Gasteiger partial charge in [0.05, 0.1) is 5.70 Å². The second-order valence-electron chi connectivity index (χ2n) is 4.99. The minimum absolute atomic E-state index is 0.0253. The van der Waals surface area contributed by atoms with Gasteiger partial charge in [-0.1, -0.05) is 12.1 Å². The van der Waals surface area contributed by atoms with E-state index in [1.807, 2.05) is 0 Å². The first kappa shape index (κ1) is 16.9. The Kier molecular flexibility index (Phi) is 5.06. The van der Waals surface area contributed by atoms with Crippen LogP contribution >= 0.6 is 0 Å². The SMILES string of the molecule is O=CN/C(=C/c1ccc(O)c(O)c1)C(=O)Cc1ccc(O)c(O)c1. The van der Waals surface area contributed by atoms with Gasteiger partial charge in [-0.15, -0.1) is 0 Å². The summed E-state index contributed by atoms with van der Waals surface area (Å²) in [5.74, 6) is -1.75. The Morgan fingerprint density at radius 2 is 1.54 bits per heavy atom. The number of carbonyl (C=O) groups is 2. The summed E-state index contributed by atoms with van der Waals surface area (Å²) in [5, 5.41) is 39.7. The van der Waals surface area contributed by atoms with Gasteiger partial charge in [-0.05, 0) is 41.5 Å². The molecule has 0 fully saturated rings. The van der Waals surface area contributed by atoms with E-state index in [0.29, 0.717) is 17.5 Å². The van der Waals surface area contributed by atoms with Crippen LogP contribution in [0.1, 0.15) is 11.1 Å². The zero-order chi connectivity index (χ0) is 17.7. The van der Waals surface area contributed by atoms with E-state index in [2.05, 4.69) is 5.32 Å². The van der Waals surface area contributed by atoms with Crippen molar-refractivity contribution < 1.29 is 30.0 Å². The van der Waals surface area contributed by atoms with Gasteiger partial charge >= 0.3 is 0 Å². The van der Waals surface area contributed by atoms with E-state index >= 15 is 0 Å². The topological polar surface area (TPSA) is 127 Å². The largest absolute Gasteiger partial charge is 0.504 e. The second-order valence-corrected chi connectivity index (χ2v) is 4.99. The molecule has 0 aliphatic heterocycles. The van der Waals surface area contributed by atoms with Gasteiger partial charge in [0.25, 0.3) is 0 Å². The van der Waals surface area contributed by atoms with Gasteiger partial charge in [-0.3, -0.25) is 9.59 Å². The lowest BCUT2D eigenvalue weighted by atomic mass is 10.0. The first-order chi connectivity index (χ1) is 11.4. The van der Waals surface area contributed by atoms with Crippen LogP contribution in [0.2, 0.25) is 0 Å². The smallest absolute Gasteiger partial charge is 0.211 e. The van der Waals surface area contributed by atoms with Crippen molar-refractivity contribution in [1.82, 2.24) is 5.32 Å². The molecular formula is C17H15NO6. The fourth-order valence-electron chi connectivity index (χ4n) is 2.02. The van der Waals surface area contributed by atoms with E-state index < -0.39 is 5.78 Å². The van der Waals surface area contributed by atoms with Crippen molar-refractivity contribution in [3.8, 4) is 23.0 Å². The van der Waals surface area contributed by atoms with Crippen molar-refractivity contribution in [2.75, 3.05) is 0 Å². The Morgan fingerprint density at radius 1 is 0.917 bits per heavy atom. The predicted molar refractivity (Wildman–Crippen MR) is 85.4 cm³/mol. The molecule has 2 rings (SSSR count). The fourth-order valence-corrected chi connectivity index (χ4v) is 2.02. The Balaban J connectivity index is 2.26. The molecular weight excluding hydrogens is 314 g/mol. The fraction of sp³-hybridized carbons (Fsp3) is 0.0588. The van der Waals surface area contributed by atoms with Crippen LogP contribution in [-0.4, -0.2) is 32.6 Å². The van der Waals surface area contributed by atoms with E-state index in [1.165, 1.54) is 42.5 Å². The zero-order valence-corrected chi connectivity index (χ0v) is 12.4. The molecule has 0 aromatic heterocycles. The summed E-state index contributed by atoms with van der Waals surface area (Å²) in [7, 11) is 0. The van der Waals surface area contributed by atoms with Gasteiger partial charge in [0, 0.05) is 6.42 Å². The number of nitrogens with one attached hydrogen (secondary N) is 1. The van der Waals surface area contributed by atoms with Gasteiger partial charge in [-0.2, -0.15) is 0 Å². The second kappa shape index (κ2) is 7.19. The maximum Gasteiger partial charge on any atom is 0.211 e. The number of aromatic hydroxyl groups is 4. The van der Waals surface area contributed by atoms with Crippen molar-refractivity contribution >= 4 is 18.3 Å². The summed E-state index contributed by atoms with van der Waals surface area (Å²) in [6.07, 6.45) is 1.57. The number of carbonyl (C=O) groups excluding carboxylic acids is 2. The van der Waals surface area contributed by atoms with E-state index in [0.717, 1.165) is 0 Å². The molecule has 0 radical (unpaired) electrons. The van der Waals surface area contributed by atoms with E-state index in [9.17, 15) is 30.0 Å². The molecule has 7 nitrogen and oxygen atoms in total. The lowest BCUT2D eigenvalue weighted by molar-refractivity contribution is -0.117. The summed E-state index contributed by atoms with van der Waals surface area (Å²) >= 11 is 0. The molecule has 124 valence electrons. The van der Waals surface area contributed by atoms with Crippen LogP contribution in [0.4, 0.5) is 0 Å². The number of benzene rings is 2. The molecule has 0 aliphatic rings. The maximum absolute atomic E-state index is 12.3. The van der Waals surface area contributed by atoms with Crippen molar-refractivity contribution in [3.63, 3.8) is 0 Å². The summed E-state index contributed by atoms with van der Waals surface area (Å²) < 4.78 is 0. The molecule has 0 saturated carbocycles. The molecule has 7 heteroatoms. The normalized spacial score (nSPS) is 11.1. The number of hydrogen-bond acceptors (Lipinski definition) is 6. The van der Waals surface area contributed by atoms with Crippen molar-refractivity contribution in [3.05, 3.63) is 53.2 Å². The predicted octanol–water partition coefficient (Wildman–Crippen LogP) is 1.41. The minimum atomic E-state index is -0.445. The van der Waals surface area contributed by atoms with Crippen LogP contribution in [0.5, 0.6) is 23.0 Å². The van der Waals surface area contributed by atoms with E-state index in [4.69, 9.17) is 0 Å². The Labute approximate surface area is 137 Å². The summed E-state index contributed by atoms with van der Waals surface area (Å²) in [5.41, 5.74) is 0.821. The number of Topliss-reactive ketones (excluding diaryl/α,β-unsaturated/α-hetero) is 1. The third-order valence-electron chi connectivity index (χ3n) is 3.23. The zero-order valence-electron chi connectivity index (χ0n) is 12.4. The first-order valence-corrected chi connectivity index (χ1v) is 6.88. The monoisotopic (exact) mass is 329 g/mol. The standard InChI is InChI=1S/C17H15NO6/c19-9-18-12(5-10-1-3-13(20)16(23)7-10)15(22)6-11-2-4-14(21)17(24)8-11/h1-5,7-9,20-21,23-24H,6H2,(H,18,19)/b12-5+. The average Bonchev–Trinajstić information content (AvgIpc) is 2.54. The lowest BCUT2D eigenvalue weighted by Crippen LogP contribution is -2.20. The van der Waals surface area contributed by atoms with Crippen molar-refractivity contribution in [1.29, 1.82) is 0 Å². The highest BCUT2D eigenvalue weighted by Crippen LogP contribution is 2.27. The molecule has 0 heterocycles. The van der Waals surface area contributed by atoms with Gasteiger partial charge in [0.15, 0.2) is 28.8 Å². The number of hydrogen-bond donors (Lipinski definition) is 5. The number of phenols is 4. The van der Waals surface area contributed by atoms with Crippen LogP contribution in [0.25, 0.3) is 6.08 Å². The van der Waals surface area contributed by atoms with Crippen LogP contribution in [0.3, 0.4) is 0 Å². The summed E-state index contributed by atoms with van der Waals surface area (Å²) in [6, 6.07) is 7.92. The molecule has 0 aliphatic carbocycles. The molecule has 2 aromatic carbocycles. The molecule has 0 spiro atoms. The highest BCUT2D eigenvalue weighted by Gasteiger charge is 2.12. The summed E-state index contributed by atoms with van der Waals surface area (Å²) in [6.45, 7) is 0. The quantitative estimate of drug-likeness (QED) is 0.310. The Hall–Kier alpha value is -3.48. The molecule has 24 heavy (non-hydrogen) atoms. The molecule has 0 unspecified atom stereocenters. The van der Waals surface area contributed by atoms with E-state index in [1.54, 1.807) is 0 Å². The summed E-state index contributed by atoms with van der Waals surface area (Å²) in [4.78, 5) is 23.0.